The first kappa shape index (κ1) is 44.9. The summed E-state index contributed by atoms with van der Waals surface area (Å²) in [6.07, 6.45) is 31.1. The summed E-state index contributed by atoms with van der Waals surface area (Å²) in [5.74, 6) is -0.974. The Morgan fingerprint density at radius 2 is 1.15 bits per heavy atom. The Kier molecular flexibility index (Phi) is 31.0. The molecule has 0 bridgehead atoms. The van der Waals surface area contributed by atoms with Gasteiger partial charge in [0.2, 0.25) is 0 Å². The van der Waals surface area contributed by atoms with Gasteiger partial charge in [0, 0.05) is 12.8 Å². The predicted molar refractivity (Wildman–Crippen MR) is 187 cm³/mol. The first-order valence-corrected chi connectivity index (χ1v) is 19.1. The molecule has 0 aromatic carbocycles. The number of unbranched alkanes of at least 4 members (excludes halogenated alkanes) is 10. The van der Waals surface area contributed by atoms with Gasteiger partial charge in [-0.25, -0.2) is 4.57 Å². The molecule has 0 aromatic heterocycles. The monoisotopic (exact) mass is 686 g/mol. The number of rotatable bonds is 32. The third-order valence-electron chi connectivity index (χ3n) is 6.97. The van der Waals surface area contributed by atoms with Gasteiger partial charge in [-0.15, -0.1) is 0 Å². The summed E-state index contributed by atoms with van der Waals surface area (Å²) < 4.78 is 32.4. The molecule has 0 saturated heterocycles. The Bertz CT molecular complexity index is 931. The van der Waals surface area contributed by atoms with E-state index in [1.54, 1.807) is 0 Å². The van der Waals surface area contributed by atoms with Crippen molar-refractivity contribution in [2.75, 3.05) is 26.4 Å². The van der Waals surface area contributed by atoms with Crippen LogP contribution in [0, 0.1) is 0 Å². The molecule has 0 aromatic rings. The van der Waals surface area contributed by atoms with Crippen LogP contribution < -0.4 is 0 Å². The highest BCUT2D eigenvalue weighted by molar-refractivity contribution is 7.47. The van der Waals surface area contributed by atoms with Gasteiger partial charge in [0.05, 0.1) is 19.8 Å². The summed E-state index contributed by atoms with van der Waals surface area (Å²) in [5, 5.41) is 18.2. The highest BCUT2D eigenvalue weighted by Gasteiger charge is 2.27. The number of allylic oxidation sites excluding steroid dienone is 8. The molecule has 11 heteroatoms. The van der Waals surface area contributed by atoms with Crippen molar-refractivity contribution in [1.29, 1.82) is 0 Å². The van der Waals surface area contributed by atoms with Crippen molar-refractivity contribution in [1.82, 2.24) is 0 Å². The molecule has 0 aliphatic rings. The SMILES string of the molecule is CCC/C=C/C/C=C/C/C=C/C/C=C/CCCCCC(=O)O[C@H](COC(=O)CCCCCCCCC)COP(=O)(O)OC[C@@H](O)CO. The number of esters is 2. The lowest BCUT2D eigenvalue weighted by Crippen LogP contribution is -2.29. The molecule has 0 rings (SSSR count). The van der Waals surface area contributed by atoms with E-state index >= 15 is 0 Å². The van der Waals surface area contributed by atoms with Gasteiger partial charge in [0.25, 0.3) is 0 Å². The fraction of sp³-hybridized carbons (Fsp3) is 0.722. The molecule has 47 heavy (non-hydrogen) atoms. The van der Waals surface area contributed by atoms with Gasteiger partial charge in [-0.3, -0.25) is 18.6 Å². The minimum Gasteiger partial charge on any atom is -0.462 e. The highest BCUT2D eigenvalue weighted by Crippen LogP contribution is 2.43. The third-order valence-corrected chi connectivity index (χ3v) is 7.92. The number of hydrogen-bond donors (Lipinski definition) is 3. The van der Waals surface area contributed by atoms with E-state index in [0.29, 0.717) is 12.8 Å². The lowest BCUT2D eigenvalue weighted by Gasteiger charge is -2.20. The molecular formula is C36H63O10P. The average Bonchev–Trinajstić information content (AvgIpc) is 3.05. The number of phosphoric ester groups is 1. The highest BCUT2D eigenvalue weighted by atomic mass is 31.2. The van der Waals surface area contributed by atoms with Gasteiger partial charge in [-0.05, 0) is 51.4 Å². The van der Waals surface area contributed by atoms with Gasteiger partial charge in [-0.1, -0.05) is 114 Å². The van der Waals surface area contributed by atoms with Crippen LogP contribution in [0.3, 0.4) is 0 Å². The van der Waals surface area contributed by atoms with Crippen LogP contribution in [0.2, 0.25) is 0 Å². The van der Waals surface area contributed by atoms with Crippen LogP contribution in [0.25, 0.3) is 0 Å². The predicted octanol–water partition coefficient (Wildman–Crippen LogP) is 8.21. The maximum Gasteiger partial charge on any atom is 0.472 e. The van der Waals surface area contributed by atoms with Crippen molar-refractivity contribution in [2.24, 2.45) is 0 Å². The molecule has 10 nitrogen and oxygen atoms in total. The first-order chi connectivity index (χ1) is 22.7. The van der Waals surface area contributed by atoms with Crippen molar-refractivity contribution in [3.8, 4) is 0 Å². The Morgan fingerprint density at radius 3 is 1.74 bits per heavy atom. The van der Waals surface area contributed by atoms with Crippen LogP contribution in [0.15, 0.2) is 48.6 Å². The summed E-state index contributed by atoms with van der Waals surface area (Å²) in [7, 11) is -4.61. The van der Waals surface area contributed by atoms with E-state index < -0.39 is 51.8 Å². The lowest BCUT2D eigenvalue weighted by molar-refractivity contribution is -0.161. The Labute approximate surface area is 283 Å². The molecule has 3 atom stereocenters. The topological polar surface area (TPSA) is 149 Å². The zero-order chi connectivity index (χ0) is 34.9. The molecule has 1 unspecified atom stereocenters. The number of carbonyl (C=O) groups is 2. The summed E-state index contributed by atoms with van der Waals surface area (Å²) in [5.41, 5.74) is 0. The zero-order valence-electron chi connectivity index (χ0n) is 29.0. The average molecular weight is 687 g/mol. The van der Waals surface area contributed by atoms with Gasteiger partial charge >= 0.3 is 19.8 Å². The fourth-order valence-corrected chi connectivity index (χ4v) is 5.01. The maximum absolute atomic E-state index is 12.5. The largest absolute Gasteiger partial charge is 0.472 e. The molecule has 0 amide bonds. The second-order valence-corrected chi connectivity index (χ2v) is 13.0. The number of aliphatic hydroxyl groups is 2. The molecular weight excluding hydrogens is 623 g/mol. The molecule has 0 saturated carbocycles. The van der Waals surface area contributed by atoms with Crippen LogP contribution in [-0.2, 0) is 32.7 Å². The maximum atomic E-state index is 12.5. The number of carbonyl (C=O) groups excluding carboxylic acids is 2. The van der Waals surface area contributed by atoms with E-state index in [1.165, 1.54) is 25.7 Å². The number of phosphoric acid groups is 1. The molecule has 272 valence electrons. The second-order valence-electron chi connectivity index (χ2n) is 11.5. The van der Waals surface area contributed by atoms with E-state index in [9.17, 15) is 24.2 Å². The van der Waals surface area contributed by atoms with E-state index in [0.717, 1.165) is 64.2 Å². The van der Waals surface area contributed by atoms with Crippen molar-refractivity contribution in [3.63, 3.8) is 0 Å². The number of aliphatic hydroxyl groups excluding tert-OH is 2. The standard InChI is InChI=1S/C36H63O10P/c1-3-5-7-9-11-12-13-14-15-16-17-18-19-20-22-24-26-28-36(40)46-34(32-45-47(41,42)44-30-33(38)29-37)31-43-35(39)27-25-23-21-10-8-6-4-2/h7,9,12-13,15-16,18-19,33-34,37-38H,3-6,8,10-11,14,17,20-32H2,1-2H3,(H,41,42)/b9-7+,13-12+,16-15+,19-18+/t33-,34+/m0/s1. The van der Waals surface area contributed by atoms with Crippen molar-refractivity contribution >= 4 is 19.8 Å². The first-order valence-electron chi connectivity index (χ1n) is 17.6. The minimum absolute atomic E-state index is 0.146. The van der Waals surface area contributed by atoms with Gasteiger partial charge < -0.3 is 24.6 Å². The Hall–Kier alpha value is -2.07. The lowest BCUT2D eigenvalue weighted by atomic mass is 10.1. The van der Waals surface area contributed by atoms with Gasteiger partial charge in [-0.2, -0.15) is 0 Å². The van der Waals surface area contributed by atoms with Crippen LogP contribution >= 0.6 is 7.82 Å². The van der Waals surface area contributed by atoms with E-state index in [1.807, 2.05) is 0 Å². The molecule has 3 N–H and O–H groups in total. The van der Waals surface area contributed by atoms with Crippen molar-refractivity contribution in [3.05, 3.63) is 48.6 Å². The van der Waals surface area contributed by atoms with E-state index in [4.69, 9.17) is 19.1 Å². The van der Waals surface area contributed by atoms with Crippen LogP contribution in [-0.4, -0.2) is 65.7 Å². The Balaban J connectivity index is 4.44. The van der Waals surface area contributed by atoms with Gasteiger partial charge in [0.15, 0.2) is 6.10 Å². The normalized spacial score (nSPS) is 14.7. The minimum atomic E-state index is -4.61. The number of ether oxygens (including phenoxy) is 2. The molecule has 0 aliphatic heterocycles. The van der Waals surface area contributed by atoms with Crippen molar-refractivity contribution in [2.45, 2.75) is 142 Å². The Morgan fingerprint density at radius 1 is 0.638 bits per heavy atom. The molecule has 0 radical (unpaired) electrons. The van der Waals surface area contributed by atoms with E-state index in [-0.39, 0.29) is 19.4 Å². The zero-order valence-corrected chi connectivity index (χ0v) is 29.9. The number of hydrogen-bond acceptors (Lipinski definition) is 9. The molecule has 0 spiro atoms. The van der Waals surface area contributed by atoms with Crippen LogP contribution in [0.1, 0.15) is 129 Å². The summed E-state index contributed by atoms with van der Waals surface area (Å²) in [4.78, 5) is 34.6. The molecule has 0 fully saturated rings. The third kappa shape index (κ3) is 32.3. The summed E-state index contributed by atoms with van der Waals surface area (Å²) >= 11 is 0. The quantitative estimate of drug-likeness (QED) is 0.0274. The molecule has 0 aliphatic carbocycles. The van der Waals surface area contributed by atoms with Gasteiger partial charge in [0.1, 0.15) is 12.7 Å². The smallest absolute Gasteiger partial charge is 0.462 e. The van der Waals surface area contributed by atoms with Crippen molar-refractivity contribution < 1.29 is 47.8 Å². The summed E-state index contributed by atoms with van der Waals surface area (Å²) in [6.45, 7) is 2.18. The second kappa shape index (κ2) is 32.5. The van der Waals surface area contributed by atoms with Crippen LogP contribution in [0.4, 0.5) is 0 Å². The summed E-state index contributed by atoms with van der Waals surface area (Å²) in [6, 6.07) is 0. The van der Waals surface area contributed by atoms with E-state index in [2.05, 4.69) is 67.0 Å². The molecule has 0 heterocycles. The fourth-order valence-electron chi connectivity index (χ4n) is 4.22. The van der Waals surface area contributed by atoms with Crippen LogP contribution in [0.5, 0.6) is 0 Å².